The van der Waals surface area contributed by atoms with E-state index < -0.39 is 48.4 Å². The van der Waals surface area contributed by atoms with E-state index in [0.717, 1.165) is 16.7 Å². The highest BCUT2D eigenvalue weighted by molar-refractivity contribution is 5.91. The van der Waals surface area contributed by atoms with Crippen LogP contribution in [0.1, 0.15) is 54.7 Å². The van der Waals surface area contributed by atoms with Crippen molar-refractivity contribution in [3.8, 4) is 0 Å². The summed E-state index contributed by atoms with van der Waals surface area (Å²) in [6.45, 7) is 7.43. The average molecular weight is 547 g/mol. The molecule has 3 aromatic carbocycles. The van der Waals surface area contributed by atoms with Gasteiger partial charge in [0.1, 0.15) is 18.8 Å². The number of esters is 3. The van der Waals surface area contributed by atoms with E-state index in [1.807, 2.05) is 45.0 Å². The smallest absolute Gasteiger partial charge is 0.338 e. The lowest BCUT2D eigenvalue weighted by Crippen LogP contribution is -2.58. The van der Waals surface area contributed by atoms with Crippen LogP contribution in [0.4, 0.5) is 0 Å². The SMILES string of the molecule is CO[C@@H]1OC(COC(=O)c2ccc(C)cc2)[C@H](C)[C@H](OC(=O)c2ccc(C)cc2)C1OC(=O)c1ccc(C)cc1. The van der Waals surface area contributed by atoms with Gasteiger partial charge < -0.3 is 23.7 Å². The Hall–Kier alpha value is -4.01. The van der Waals surface area contributed by atoms with Gasteiger partial charge >= 0.3 is 17.9 Å². The van der Waals surface area contributed by atoms with Gasteiger partial charge in [0.15, 0.2) is 12.4 Å². The number of hydrogen-bond donors (Lipinski definition) is 0. The van der Waals surface area contributed by atoms with Gasteiger partial charge in [-0.25, -0.2) is 14.4 Å². The number of aryl methyl sites for hydroxylation is 3. The van der Waals surface area contributed by atoms with Crippen molar-refractivity contribution in [1.82, 2.24) is 0 Å². The predicted molar refractivity (Wildman–Crippen MR) is 147 cm³/mol. The minimum Gasteiger partial charge on any atom is -0.459 e. The molecule has 3 aromatic rings. The van der Waals surface area contributed by atoms with Crippen molar-refractivity contribution in [3.63, 3.8) is 0 Å². The maximum Gasteiger partial charge on any atom is 0.338 e. The summed E-state index contributed by atoms with van der Waals surface area (Å²) in [5.41, 5.74) is 4.11. The zero-order chi connectivity index (χ0) is 28.8. The summed E-state index contributed by atoms with van der Waals surface area (Å²) in [5.74, 6) is -2.22. The first-order valence-corrected chi connectivity index (χ1v) is 13.1. The van der Waals surface area contributed by atoms with Crippen molar-refractivity contribution in [2.45, 2.75) is 52.3 Å². The molecule has 5 atom stereocenters. The van der Waals surface area contributed by atoms with Gasteiger partial charge in [0.05, 0.1) is 16.7 Å². The summed E-state index contributed by atoms with van der Waals surface area (Å²) in [4.78, 5) is 38.9. The molecule has 8 nitrogen and oxygen atoms in total. The summed E-state index contributed by atoms with van der Waals surface area (Å²) in [7, 11) is 1.40. The third kappa shape index (κ3) is 6.94. The maximum atomic E-state index is 13.2. The third-order valence-electron chi connectivity index (χ3n) is 6.96. The van der Waals surface area contributed by atoms with E-state index in [2.05, 4.69) is 0 Å². The Kier molecular flexibility index (Phi) is 9.34. The highest BCUT2D eigenvalue weighted by atomic mass is 16.7. The molecule has 1 fully saturated rings. The van der Waals surface area contributed by atoms with E-state index in [1.165, 1.54) is 7.11 Å². The van der Waals surface area contributed by atoms with Crippen LogP contribution in [-0.2, 0) is 23.7 Å². The zero-order valence-electron chi connectivity index (χ0n) is 23.3. The molecule has 0 aromatic heterocycles. The fraction of sp³-hybridized carbons (Fsp3) is 0.344. The molecular weight excluding hydrogens is 512 g/mol. The molecule has 40 heavy (non-hydrogen) atoms. The first kappa shape index (κ1) is 29.0. The Morgan fingerprint density at radius 1 is 0.650 bits per heavy atom. The van der Waals surface area contributed by atoms with Crippen molar-refractivity contribution in [3.05, 3.63) is 106 Å². The molecule has 0 bridgehead atoms. The van der Waals surface area contributed by atoms with Crippen LogP contribution in [-0.4, -0.2) is 56.2 Å². The Labute approximate surface area is 234 Å². The molecule has 1 aliphatic heterocycles. The van der Waals surface area contributed by atoms with Crippen LogP contribution in [0.2, 0.25) is 0 Å². The Morgan fingerprint density at radius 3 is 1.48 bits per heavy atom. The molecule has 1 saturated heterocycles. The van der Waals surface area contributed by atoms with E-state index in [4.69, 9.17) is 23.7 Å². The Bertz CT molecular complexity index is 1310. The monoisotopic (exact) mass is 546 g/mol. The van der Waals surface area contributed by atoms with Gasteiger partial charge in [0.2, 0.25) is 0 Å². The number of rotatable bonds is 8. The highest BCUT2D eigenvalue weighted by Crippen LogP contribution is 2.32. The van der Waals surface area contributed by atoms with E-state index >= 15 is 0 Å². The molecule has 210 valence electrons. The summed E-state index contributed by atoms with van der Waals surface area (Å²) in [6, 6.07) is 20.9. The molecular formula is C32H34O8. The summed E-state index contributed by atoms with van der Waals surface area (Å²) < 4.78 is 29.0. The van der Waals surface area contributed by atoms with Crippen molar-refractivity contribution in [2.24, 2.45) is 5.92 Å². The first-order valence-electron chi connectivity index (χ1n) is 13.1. The van der Waals surface area contributed by atoms with Crippen molar-refractivity contribution in [1.29, 1.82) is 0 Å². The topological polar surface area (TPSA) is 97.4 Å². The first-order chi connectivity index (χ1) is 19.2. The average Bonchev–Trinajstić information content (AvgIpc) is 2.95. The fourth-order valence-electron chi connectivity index (χ4n) is 4.41. The van der Waals surface area contributed by atoms with Crippen LogP contribution >= 0.6 is 0 Å². The van der Waals surface area contributed by atoms with Gasteiger partial charge in [-0.05, 0) is 57.2 Å². The largest absolute Gasteiger partial charge is 0.459 e. The number of benzene rings is 3. The lowest BCUT2D eigenvalue weighted by Gasteiger charge is -2.43. The van der Waals surface area contributed by atoms with Crippen LogP contribution < -0.4 is 0 Å². The number of methoxy groups -OCH3 is 1. The van der Waals surface area contributed by atoms with Crippen LogP contribution in [0.25, 0.3) is 0 Å². The van der Waals surface area contributed by atoms with Crippen molar-refractivity contribution < 1.29 is 38.1 Å². The molecule has 2 unspecified atom stereocenters. The maximum absolute atomic E-state index is 13.2. The third-order valence-corrected chi connectivity index (χ3v) is 6.96. The van der Waals surface area contributed by atoms with Gasteiger partial charge in [0.25, 0.3) is 0 Å². The lowest BCUT2D eigenvalue weighted by molar-refractivity contribution is -0.278. The zero-order valence-corrected chi connectivity index (χ0v) is 23.3. The number of carbonyl (C=O) groups is 3. The number of carbonyl (C=O) groups excluding carboxylic acids is 3. The molecule has 8 heteroatoms. The second-order valence-corrected chi connectivity index (χ2v) is 10.1. The molecule has 1 aliphatic rings. The Balaban J connectivity index is 1.56. The van der Waals surface area contributed by atoms with Crippen LogP contribution in [0.5, 0.6) is 0 Å². The van der Waals surface area contributed by atoms with Gasteiger partial charge in [0, 0.05) is 13.0 Å². The van der Waals surface area contributed by atoms with Crippen molar-refractivity contribution in [2.75, 3.05) is 13.7 Å². The highest BCUT2D eigenvalue weighted by Gasteiger charge is 2.49. The molecule has 0 spiro atoms. The number of hydrogen-bond acceptors (Lipinski definition) is 8. The lowest BCUT2D eigenvalue weighted by atomic mass is 9.90. The van der Waals surface area contributed by atoms with Crippen LogP contribution in [0.3, 0.4) is 0 Å². The molecule has 4 rings (SSSR count). The van der Waals surface area contributed by atoms with Gasteiger partial charge in [-0.1, -0.05) is 60.0 Å². The molecule has 0 saturated carbocycles. The van der Waals surface area contributed by atoms with Gasteiger partial charge in [-0.3, -0.25) is 0 Å². The quantitative estimate of drug-likeness (QED) is 0.280. The second-order valence-electron chi connectivity index (χ2n) is 10.1. The summed E-state index contributed by atoms with van der Waals surface area (Å²) in [6.07, 6.45) is -3.81. The predicted octanol–water partition coefficient (Wildman–Crippen LogP) is 5.23. The van der Waals surface area contributed by atoms with Crippen LogP contribution in [0.15, 0.2) is 72.8 Å². The van der Waals surface area contributed by atoms with E-state index in [1.54, 1.807) is 55.5 Å². The van der Waals surface area contributed by atoms with Gasteiger partial charge in [-0.15, -0.1) is 0 Å². The van der Waals surface area contributed by atoms with E-state index in [0.29, 0.717) is 16.7 Å². The minimum absolute atomic E-state index is 0.120. The van der Waals surface area contributed by atoms with Crippen molar-refractivity contribution >= 4 is 17.9 Å². The molecule has 0 aliphatic carbocycles. The van der Waals surface area contributed by atoms with Crippen LogP contribution in [0, 0.1) is 26.7 Å². The molecule has 0 amide bonds. The Morgan fingerprint density at radius 2 is 1.05 bits per heavy atom. The van der Waals surface area contributed by atoms with E-state index in [-0.39, 0.29) is 6.61 Å². The fourth-order valence-corrected chi connectivity index (χ4v) is 4.41. The molecule has 0 radical (unpaired) electrons. The van der Waals surface area contributed by atoms with E-state index in [9.17, 15) is 14.4 Å². The number of ether oxygens (including phenoxy) is 5. The summed E-state index contributed by atoms with van der Waals surface area (Å²) in [5, 5.41) is 0. The minimum atomic E-state index is -1.08. The normalized spacial score (nSPS) is 22.3. The van der Waals surface area contributed by atoms with Gasteiger partial charge in [-0.2, -0.15) is 0 Å². The summed E-state index contributed by atoms with van der Waals surface area (Å²) >= 11 is 0. The molecule has 0 N–H and O–H groups in total. The molecule has 1 heterocycles. The standard InChI is InChI=1S/C32H34O8/c1-19-6-12-23(13-7-19)29(33)37-18-26-22(4)27(39-30(34)24-14-8-20(2)9-15-24)28(32(36-5)38-26)40-31(35)25-16-10-21(3)11-17-25/h6-17,22,26-28,32H,18H2,1-5H3/t22-,26?,27-,28?,32+/m0/s1. The second kappa shape index (κ2) is 12.9.